The summed E-state index contributed by atoms with van der Waals surface area (Å²) in [4.78, 5) is 8.50. The van der Waals surface area contributed by atoms with E-state index in [9.17, 15) is 0 Å². The van der Waals surface area contributed by atoms with Crippen LogP contribution in [0.3, 0.4) is 0 Å². The zero-order valence-electron chi connectivity index (χ0n) is 14.0. The van der Waals surface area contributed by atoms with Crippen molar-refractivity contribution >= 4 is 17.4 Å². The van der Waals surface area contributed by atoms with E-state index in [0.717, 1.165) is 37.0 Å². The first-order valence-electron chi connectivity index (χ1n) is 8.28. The summed E-state index contributed by atoms with van der Waals surface area (Å²) in [7, 11) is 0. The standard InChI is InChI=1S/C19H21ClN4O/c20-17-8-5-9-18(13-17)25-12-4-2-1-3-11-23-19(24-15-21)16-7-6-10-22-14-16/h5-10,13-14H,1-4,11-12H2,(H,23,24). The van der Waals surface area contributed by atoms with E-state index in [4.69, 9.17) is 21.6 Å². The zero-order valence-corrected chi connectivity index (χ0v) is 14.7. The third-order valence-electron chi connectivity index (χ3n) is 3.50. The van der Waals surface area contributed by atoms with Crippen LogP contribution in [-0.2, 0) is 0 Å². The Balaban J connectivity index is 1.62. The van der Waals surface area contributed by atoms with Crippen molar-refractivity contribution in [2.24, 2.45) is 4.99 Å². The van der Waals surface area contributed by atoms with Crippen LogP contribution in [0.5, 0.6) is 5.75 Å². The fraction of sp³-hybridized carbons (Fsp3) is 0.316. The highest BCUT2D eigenvalue weighted by atomic mass is 35.5. The van der Waals surface area contributed by atoms with Gasteiger partial charge in [0.1, 0.15) is 11.6 Å². The van der Waals surface area contributed by atoms with Gasteiger partial charge in [0, 0.05) is 29.5 Å². The minimum atomic E-state index is 0.569. The molecule has 0 aliphatic carbocycles. The number of halogens is 1. The third kappa shape index (κ3) is 7.23. The number of rotatable bonds is 9. The predicted octanol–water partition coefficient (Wildman–Crippen LogP) is 4.19. The van der Waals surface area contributed by atoms with Gasteiger partial charge in [0.2, 0.25) is 0 Å². The van der Waals surface area contributed by atoms with Gasteiger partial charge < -0.3 is 4.74 Å². The number of amidine groups is 1. The molecule has 0 bridgehead atoms. The van der Waals surface area contributed by atoms with Gasteiger partial charge in [-0.1, -0.05) is 24.1 Å². The van der Waals surface area contributed by atoms with Gasteiger partial charge >= 0.3 is 0 Å². The number of ether oxygens (including phenoxy) is 1. The smallest absolute Gasteiger partial charge is 0.182 e. The molecule has 0 unspecified atom stereocenters. The molecule has 0 saturated carbocycles. The molecule has 0 spiro atoms. The van der Waals surface area contributed by atoms with Gasteiger partial charge in [-0.25, -0.2) is 0 Å². The van der Waals surface area contributed by atoms with E-state index < -0.39 is 0 Å². The van der Waals surface area contributed by atoms with Crippen LogP contribution in [0, 0.1) is 11.5 Å². The van der Waals surface area contributed by atoms with Crippen LogP contribution >= 0.6 is 11.6 Å². The Morgan fingerprint density at radius 2 is 2.08 bits per heavy atom. The normalized spacial score (nSPS) is 11.0. The Labute approximate surface area is 153 Å². The van der Waals surface area contributed by atoms with Crippen LogP contribution in [0.4, 0.5) is 0 Å². The van der Waals surface area contributed by atoms with E-state index in [1.165, 1.54) is 0 Å². The summed E-state index contributed by atoms with van der Waals surface area (Å²) in [5.41, 5.74) is 0.818. The first-order valence-corrected chi connectivity index (χ1v) is 8.65. The molecule has 2 aromatic rings. The summed E-state index contributed by atoms with van der Waals surface area (Å²) in [5.74, 6) is 1.38. The lowest BCUT2D eigenvalue weighted by atomic mass is 10.2. The third-order valence-corrected chi connectivity index (χ3v) is 3.73. The minimum absolute atomic E-state index is 0.569. The van der Waals surface area contributed by atoms with Gasteiger partial charge in [-0.2, -0.15) is 5.26 Å². The first kappa shape index (κ1) is 18.8. The molecule has 0 amide bonds. The summed E-state index contributed by atoms with van der Waals surface area (Å²) >= 11 is 5.91. The molecular formula is C19H21ClN4O. The number of hydrogen-bond donors (Lipinski definition) is 1. The first-order chi connectivity index (χ1) is 12.3. The molecule has 0 atom stereocenters. The molecule has 1 N–H and O–H groups in total. The molecule has 0 aliphatic rings. The van der Waals surface area contributed by atoms with Gasteiger partial charge in [0.25, 0.3) is 0 Å². The van der Waals surface area contributed by atoms with Gasteiger partial charge in [-0.15, -0.1) is 0 Å². The van der Waals surface area contributed by atoms with Crippen molar-refractivity contribution in [1.82, 2.24) is 10.3 Å². The average molecular weight is 357 g/mol. The number of nitrogens with zero attached hydrogens (tertiary/aromatic N) is 3. The predicted molar refractivity (Wildman–Crippen MR) is 99.8 cm³/mol. The molecule has 1 heterocycles. The van der Waals surface area contributed by atoms with E-state index in [0.29, 0.717) is 24.0 Å². The lowest BCUT2D eigenvalue weighted by Crippen LogP contribution is -2.19. The zero-order chi connectivity index (χ0) is 17.7. The minimum Gasteiger partial charge on any atom is -0.494 e. The van der Waals surface area contributed by atoms with Crippen LogP contribution in [0.1, 0.15) is 31.2 Å². The molecular weight excluding hydrogens is 336 g/mol. The van der Waals surface area contributed by atoms with Crippen LogP contribution in [0.2, 0.25) is 5.02 Å². The van der Waals surface area contributed by atoms with Crippen molar-refractivity contribution in [2.45, 2.75) is 25.7 Å². The van der Waals surface area contributed by atoms with Gasteiger partial charge in [0.05, 0.1) is 6.61 Å². The molecule has 0 aliphatic heterocycles. The second-order valence-electron chi connectivity index (χ2n) is 5.43. The van der Waals surface area contributed by atoms with Crippen LogP contribution in [0.25, 0.3) is 0 Å². The molecule has 130 valence electrons. The van der Waals surface area contributed by atoms with E-state index in [2.05, 4.69) is 15.3 Å². The Kier molecular flexibility index (Phi) is 8.30. The van der Waals surface area contributed by atoms with E-state index >= 15 is 0 Å². The summed E-state index contributed by atoms with van der Waals surface area (Å²) in [6.07, 6.45) is 9.40. The molecule has 25 heavy (non-hydrogen) atoms. The summed E-state index contributed by atoms with van der Waals surface area (Å²) < 4.78 is 5.66. The second-order valence-corrected chi connectivity index (χ2v) is 5.87. The lowest BCUT2D eigenvalue weighted by molar-refractivity contribution is 0.305. The second kappa shape index (κ2) is 11.1. The monoisotopic (exact) mass is 356 g/mol. The maximum atomic E-state index is 8.82. The number of nitrogens with one attached hydrogen (secondary N) is 1. The summed E-state index contributed by atoms with van der Waals surface area (Å²) in [5, 5.41) is 12.1. The van der Waals surface area contributed by atoms with Crippen molar-refractivity contribution in [1.29, 1.82) is 5.26 Å². The van der Waals surface area contributed by atoms with Gasteiger partial charge in [0.15, 0.2) is 6.19 Å². The number of aromatic nitrogens is 1. The summed E-state index contributed by atoms with van der Waals surface area (Å²) in [6, 6.07) is 11.1. The molecule has 1 aromatic carbocycles. The van der Waals surface area contributed by atoms with Crippen LogP contribution < -0.4 is 10.1 Å². The topological polar surface area (TPSA) is 70.3 Å². The van der Waals surface area contributed by atoms with E-state index in [1.54, 1.807) is 12.4 Å². The maximum Gasteiger partial charge on any atom is 0.182 e. The highest BCUT2D eigenvalue weighted by Crippen LogP contribution is 2.17. The molecule has 0 saturated heterocycles. The largest absolute Gasteiger partial charge is 0.494 e. The van der Waals surface area contributed by atoms with E-state index in [1.807, 2.05) is 42.6 Å². The number of nitriles is 1. The maximum absolute atomic E-state index is 8.82. The number of hydrogen-bond acceptors (Lipinski definition) is 4. The Hall–Kier alpha value is -2.58. The van der Waals surface area contributed by atoms with Gasteiger partial charge in [-0.3, -0.25) is 15.3 Å². The summed E-state index contributed by atoms with van der Waals surface area (Å²) in [6.45, 7) is 1.36. The van der Waals surface area contributed by atoms with Crippen molar-refractivity contribution in [3.63, 3.8) is 0 Å². The van der Waals surface area contributed by atoms with E-state index in [-0.39, 0.29) is 0 Å². The fourth-order valence-electron chi connectivity index (χ4n) is 2.26. The quantitative estimate of drug-likeness (QED) is 0.240. The lowest BCUT2D eigenvalue weighted by Gasteiger charge is -2.06. The molecule has 0 fully saturated rings. The number of pyridine rings is 1. The van der Waals surface area contributed by atoms with Gasteiger partial charge in [-0.05, 0) is 49.6 Å². The van der Waals surface area contributed by atoms with Crippen LogP contribution in [0.15, 0.2) is 53.8 Å². The highest BCUT2D eigenvalue weighted by Gasteiger charge is 2.01. The highest BCUT2D eigenvalue weighted by molar-refractivity contribution is 6.30. The molecule has 0 radical (unpaired) electrons. The number of unbranched alkanes of at least 4 members (excludes halogenated alkanes) is 3. The van der Waals surface area contributed by atoms with Crippen molar-refractivity contribution < 1.29 is 4.74 Å². The number of benzene rings is 1. The molecule has 1 aromatic heterocycles. The Bertz CT molecular complexity index is 713. The number of aliphatic imine (C=N–C) groups is 1. The Morgan fingerprint density at radius 1 is 1.20 bits per heavy atom. The molecule has 5 nitrogen and oxygen atoms in total. The molecule has 2 rings (SSSR count). The SMILES string of the molecule is N#CNC(=NCCCCCCOc1cccc(Cl)c1)c1cccnc1. The van der Waals surface area contributed by atoms with Crippen molar-refractivity contribution in [2.75, 3.05) is 13.2 Å². The molecule has 6 heteroatoms. The van der Waals surface area contributed by atoms with Crippen LogP contribution in [-0.4, -0.2) is 24.0 Å². The average Bonchev–Trinajstić information content (AvgIpc) is 2.64. The van der Waals surface area contributed by atoms with Crippen molar-refractivity contribution in [3.05, 3.63) is 59.4 Å². The Morgan fingerprint density at radius 3 is 2.84 bits per heavy atom. The van der Waals surface area contributed by atoms with Crippen molar-refractivity contribution in [3.8, 4) is 11.9 Å². The fourth-order valence-corrected chi connectivity index (χ4v) is 2.44.